The van der Waals surface area contributed by atoms with Crippen molar-refractivity contribution in [3.05, 3.63) is 65.8 Å². The van der Waals surface area contributed by atoms with Gasteiger partial charge in [-0.15, -0.1) is 0 Å². The lowest BCUT2D eigenvalue weighted by Crippen LogP contribution is -2.35. The molecule has 3 N–H and O–H groups in total. The van der Waals surface area contributed by atoms with Gasteiger partial charge in [0.05, 0.1) is 17.2 Å². The van der Waals surface area contributed by atoms with Crippen LogP contribution in [0.15, 0.2) is 59.8 Å². The number of rotatable bonds is 10. The van der Waals surface area contributed by atoms with Gasteiger partial charge >= 0.3 is 0 Å². The summed E-state index contributed by atoms with van der Waals surface area (Å²) < 4.78 is 12.7. The lowest BCUT2D eigenvalue weighted by Gasteiger charge is -2.18. The first-order valence-corrected chi connectivity index (χ1v) is 12.2. The second kappa shape index (κ2) is 11.2. The van der Waals surface area contributed by atoms with E-state index in [0.717, 1.165) is 17.1 Å². The van der Waals surface area contributed by atoms with Crippen LogP contribution in [0.25, 0.3) is 16.7 Å². The fraction of sp³-hybridized carbons (Fsp3) is 0.280. The quantitative estimate of drug-likeness (QED) is 0.175. The number of aromatic nitrogens is 4. The van der Waals surface area contributed by atoms with Crippen molar-refractivity contribution in [2.75, 3.05) is 20.3 Å². The van der Waals surface area contributed by atoms with Gasteiger partial charge in [0, 0.05) is 25.0 Å². The zero-order chi connectivity index (χ0) is 24.8. The van der Waals surface area contributed by atoms with Crippen LogP contribution in [-0.4, -0.2) is 51.2 Å². The van der Waals surface area contributed by atoms with Gasteiger partial charge in [-0.2, -0.15) is 5.10 Å². The molecule has 1 unspecified atom stereocenters. The number of aromatic amines is 1. The molecule has 0 radical (unpaired) electrons. The molecule has 4 rings (SSSR count). The van der Waals surface area contributed by atoms with Crippen molar-refractivity contribution in [3.8, 4) is 17.2 Å². The van der Waals surface area contributed by atoms with Gasteiger partial charge in [0.25, 0.3) is 0 Å². The summed E-state index contributed by atoms with van der Waals surface area (Å²) in [7, 11) is 1.60. The molecule has 9 nitrogen and oxygen atoms in total. The van der Waals surface area contributed by atoms with Crippen molar-refractivity contribution in [3.63, 3.8) is 0 Å². The molecule has 0 aliphatic rings. The Morgan fingerprint density at radius 1 is 1.17 bits per heavy atom. The van der Waals surface area contributed by atoms with Crippen LogP contribution in [-0.2, 0) is 9.53 Å². The maximum Gasteiger partial charge on any atom is 0.233 e. The van der Waals surface area contributed by atoms with E-state index in [4.69, 9.17) is 19.9 Å². The number of fused-ring (bicyclic) bond motifs is 1. The molecule has 0 saturated carbocycles. The second-order valence-electron chi connectivity index (χ2n) is 7.83. The van der Waals surface area contributed by atoms with Gasteiger partial charge in [-0.1, -0.05) is 36.9 Å². The van der Waals surface area contributed by atoms with E-state index in [9.17, 15) is 4.79 Å². The summed E-state index contributed by atoms with van der Waals surface area (Å²) in [4.78, 5) is 17.5. The Morgan fingerprint density at radius 3 is 2.57 bits per heavy atom. The summed E-state index contributed by atoms with van der Waals surface area (Å²) in [6, 6.07) is 17.0. The Hall–Kier alpha value is -3.63. The third-order valence-corrected chi connectivity index (χ3v) is 6.69. The van der Waals surface area contributed by atoms with E-state index in [1.54, 1.807) is 11.7 Å². The van der Waals surface area contributed by atoms with E-state index in [0.29, 0.717) is 41.5 Å². The number of hydrogen-bond donors (Lipinski definition) is 3. The summed E-state index contributed by atoms with van der Waals surface area (Å²) in [5.41, 5.74) is 2.19. The van der Waals surface area contributed by atoms with Crippen LogP contribution in [0.1, 0.15) is 19.0 Å². The number of thioether (sulfide) groups is 1. The normalized spacial score (nSPS) is 12.0. The zero-order valence-electron chi connectivity index (χ0n) is 19.9. The Balaban J connectivity index is 1.70. The molecule has 35 heavy (non-hydrogen) atoms. The lowest BCUT2D eigenvalue weighted by atomic mass is 10.2. The van der Waals surface area contributed by atoms with Crippen LogP contribution >= 0.6 is 11.8 Å². The Bertz CT molecular complexity index is 1350. The van der Waals surface area contributed by atoms with Crippen LogP contribution < -0.4 is 15.5 Å². The Morgan fingerprint density at radius 2 is 1.89 bits per heavy atom. The van der Waals surface area contributed by atoms with Crippen LogP contribution in [0.5, 0.6) is 11.5 Å². The second-order valence-corrected chi connectivity index (χ2v) is 9.00. The highest BCUT2D eigenvalue weighted by Crippen LogP contribution is 2.28. The molecule has 2 heterocycles. The van der Waals surface area contributed by atoms with Gasteiger partial charge in [0.1, 0.15) is 17.0 Å². The smallest absolute Gasteiger partial charge is 0.233 e. The van der Waals surface area contributed by atoms with E-state index in [-0.39, 0.29) is 16.6 Å². The molecule has 0 aliphatic carbocycles. The summed E-state index contributed by atoms with van der Waals surface area (Å²) in [5, 5.41) is 19.8. The topological polar surface area (TPSA) is 118 Å². The summed E-state index contributed by atoms with van der Waals surface area (Å²) in [6.07, 6.45) is 0.597. The predicted molar refractivity (Wildman–Crippen MR) is 135 cm³/mol. The van der Waals surface area contributed by atoms with Crippen molar-refractivity contribution in [1.82, 2.24) is 25.1 Å². The minimum atomic E-state index is -0.386. The number of aryl methyl sites for hydroxylation is 1. The minimum absolute atomic E-state index is 0.0978. The number of hydrogen-bond acceptors (Lipinski definition) is 7. The number of nitrogens with zero attached hydrogens (tertiary/aromatic N) is 3. The number of methoxy groups -OCH3 is 1. The highest BCUT2D eigenvalue weighted by Gasteiger charge is 2.23. The largest absolute Gasteiger partial charge is 0.457 e. The van der Waals surface area contributed by atoms with Gasteiger partial charge in [-0.05, 0) is 49.7 Å². The maximum absolute atomic E-state index is 12.8. The molecule has 0 fully saturated rings. The van der Waals surface area contributed by atoms with Gasteiger partial charge < -0.3 is 14.8 Å². The molecule has 0 spiro atoms. The molecule has 2 aromatic heterocycles. The molecule has 182 valence electrons. The minimum Gasteiger partial charge on any atom is -0.457 e. The number of ether oxygens (including phenoxy) is 2. The summed E-state index contributed by atoms with van der Waals surface area (Å²) >= 11 is 1.32. The zero-order valence-corrected chi connectivity index (χ0v) is 20.7. The first-order valence-electron chi connectivity index (χ1n) is 11.3. The van der Waals surface area contributed by atoms with Crippen molar-refractivity contribution < 1.29 is 14.3 Å². The molecule has 10 heteroatoms. The number of carbonyl (C=O) groups excluding carboxylic acids is 1. The van der Waals surface area contributed by atoms with Gasteiger partial charge in [-0.3, -0.25) is 19.9 Å². The van der Waals surface area contributed by atoms with E-state index < -0.39 is 0 Å². The number of amides is 1. The van der Waals surface area contributed by atoms with E-state index in [1.807, 2.05) is 68.4 Å². The van der Waals surface area contributed by atoms with Crippen LogP contribution in [0, 0.1) is 12.3 Å². The number of carbonyl (C=O) groups is 1. The average molecular weight is 493 g/mol. The highest BCUT2D eigenvalue weighted by atomic mass is 32.2. The lowest BCUT2D eigenvalue weighted by molar-refractivity contribution is -0.120. The molecule has 1 amide bonds. The average Bonchev–Trinajstić information content (AvgIpc) is 3.24. The SMILES string of the molecule is CCC(Sc1nc2n[nH]c(C)c2c(=N)n1-c1ccc(Oc2ccccc2)cc1)C(=O)NCCOC. The van der Waals surface area contributed by atoms with Gasteiger partial charge in [-0.25, -0.2) is 4.98 Å². The van der Waals surface area contributed by atoms with Crippen molar-refractivity contribution >= 4 is 28.7 Å². The van der Waals surface area contributed by atoms with Gasteiger partial charge in [0.2, 0.25) is 5.91 Å². The third kappa shape index (κ3) is 5.55. The molecule has 2 aromatic carbocycles. The number of para-hydroxylation sites is 1. The number of H-pyrrole nitrogens is 1. The Kier molecular flexibility index (Phi) is 7.84. The maximum atomic E-state index is 12.8. The molecule has 0 aliphatic heterocycles. The number of nitrogens with one attached hydrogen (secondary N) is 3. The molecular formula is C25H28N6O3S. The molecule has 0 bridgehead atoms. The highest BCUT2D eigenvalue weighted by molar-refractivity contribution is 8.00. The van der Waals surface area contributed by atoms with E-state index in [2.05, 4.69) is 15.5 Å². The fourth-order valence-electron chi connectivity index (χ4n) is 3.57. The third-order valence-electron chi connectivity index (χ3n) is 5.37. The number of benzene rings is 2. The van der Waals surface area contributed by atoms with E-state index in [1.165, 1.54) is 11.8 Å². The van der Waals surface area contributed by atoms with Crippen molar-refractivity contribution in [1.29, 1.82) is 5.41 Å². The fourth-order valence-corrected chi connectivity index (χ4v) is 4.63. The first-order chi connectivity index (χ1) is 17.0. The predicted octanol–water partition coefficient (Wildman–Crippen LogP) is 3.96. The summed E-state index contributed by atoms with van der Waals surface area (Å²) in [6.45, 7) is 4.69. The van der Waals surface area contributed by atoms with Crippen LogP contribution in [0.4, 0.5) is 0 Å². The molecule has 4 aromatic rings. The van der Waals surface area contributed by atoms with Gasteiger partial charge in [0.15, 0.2) is 10.8 Å². The van der Waals surface area contributed by atoms with Crippen LogP contribution in [0.2, 0.25) is 0 Å². The first kappa shape index (κ1) is 24.5. The molecule has 1 atom stereocenters. The van der Waals surface area contributed by atoms with E-state index >= 15 is 0 Å². The van der Waals surface area contributed by atoms with Crippen LogP contribution in [0.3, 0.4) is 0 Å². The standard InChI is InChI=1S/C25H28N6O3S/c1-4-20(24(32)27-14-15-33-3)35-25-28-23-21(16(2)29-30-23)22(26)31(25)17-10-12-19(13-11-17)34-18-8-6-5-7-9-18/h5-13,20,26H,4,14-15H2,1-3H3,(H,27,32)(H,29,30). The molecule has 0 saturated heterocycles. The van der Waals surface area contributed by atoms with Crippen molar-refractivity contribution in [2.24, 2.45) is 0 Å². The summed E-state index contributed by atoms with van der Waals surface area (Å²) in [5.74, 6) is 1.32. The van der Waals surface area contributed by atoms with Crippen molar-refractivity contribution in [2.45, 2.75) is 30.7 Å². The monoisotopic (exact) mass is 492 g/mol. The Labute approximate surface area is 207 Å². The molecular weight excluding hydrogens is 464 g/mol.